The molecule has 0 saturated carbocycles. The van der Waals surface area contributed by atoms with Crippen LogP contribution < -0.4 is 10.2 Å². The maximum Gasteiger partial charge on any atom is 0.204 e. The third kappa shape index (κ3) is 1.55. The molecule has 0 spiro atoms. The number of nitrogens with zero attached hydrogens (tertiary/aromatic N) is 2. The molecule has 3 heterocycles. The summed E-state index contributed by atoms with van der Waals surface area (Å²) in [5, 5.41) is 3.43. The first-order chi connectivity index (χ1) is 7.34. The maximum absolute atomic E-state index is 5.12. The van der Waals surface area contributed by atoms with Crippen LogP contribution in [0.2, 0.25) is 0 Å². The summed E-state index contributed by atoms with van der Waals surface area (Å²) >= 11 is 5.12. The number of aromatic nitrogens is 2. The summed E-state index contributed by atoms with van der Waals surface area (Å²) < 4.78 is 0.759. The molecule has 0 bridgehead atoms. The summed E-state index contributed by atoms with van der Waals surface area (Å²) in [7, 11) is 0. The van der Waals surface area contributed by atoms with Crippen LogP contribution in [0.1, 0.15) is 6.42 Å². The summed E-state index contributed by atoms with van der Waals surface area (Å²) in [5.74, 6) is 1.72. The largest absolute Gasteiger partial charge is 0.338 e. The average Bonchev–Trinajstić information content (AvgIpc) is 2.77. The van der Waals surface area contributed by atoms with Gasteiger partial charge in [-0.3, -0.25) is 0 Å². The first-order valence-corrected chi connectivity index (χ1v) is 5.78. The lowest BCUT2D eigenvalue weighted by Crippen LogP contribution is -2.35. The molecule has 4 nitrogen and oxygen atoms in total. The molecule has 1 aromatic heterocycles. The highest BCUT2D eigenvalue weighted by Gasteiger charge is 2.38. The molecule has 2 atom stereocenters. The van der Waals surface area contributed by atoms with Crippen LogP contribution in [0.5, 0.6) is 0 Å². The van der Waals surface area contributed by atoms with E-state index >= 15 is 0 Å². The van der Waals surface area contributed by atoms with Gasteiger partial charge in [0.15, 0.2) is 0 Å². The van der Waals surface area contributed by atoms with E-state index in [0.717, 1.165) is 36.1 Å². The zero-order valence-electron chi connectivity index (χ0n) is 8.44. The number of fused-ring (bicyclic) bond motifs is 1. The Bertz CT molecular complexity index is 416. The zero-order chi connectivity index (χ0) is 10.3. The van der Waals surface area contributed by atoms with E-state index in [1.807, 2.05) is 6.07 Å². The van der Waals surface area contributed by atoms with Gasteiger partial charge in [-0.1, -0.05) is 12.2 Å². The van der Waals surface area contributed by atoms with Gasteiger partial charge >= 0.3 is 0 Å². The highest BCUT2D eigenvalue weighted by molar-refractivity contribution is 7.71. The van der Waals surface area contributed by atoms with E-state index in [0.29, 0.717) is 6.04 Å². The molecule has 80 valence electrons. The van der Waals surface area contributed by atoms with Crippen molar-refractivity contribution >= 4 is 18.2 Å². The van der Waals surface area contributed by atoms with Crippen molar-refractivity contribution in [3.05, 3.63) is 16.9 Å². The second-order valence-corrected chi connectivity index (χ2v) is 4.67. The summed E-state index contributed by atoms with van der Waals surface area (Å²) in [6.07, 6.45) is 3.04. The monoisotopic (exact) mass is 222 g/mol. The molecule has 2 saturated heterocycles. The fraction of sp³-hybridized carbons (Fsp3) is 0.600. The molecule has 2 aliphatic rings. The summed E-state index contributed by atoms with van der Waals surface area (Å²) in [4.78, 5) is 9.87. The molecule has 2 N–H and O–H groups in total. The van der Waals surface area contributed by atoms with Gasteiger partial charge in [-0.25, -0.2) is 4.98 Å². The van der Waals surface area contributed by atoms with Crippen molar-refractivity contribution < 1.29 is 0 Å². The van der Waals surface area contributed by atoms with Crippen molar-refractivity contribution in [3.63, 3.8) is 0 Å². The highest BCUT2D eigenvalue weighted by Crippen LogP contribution is 2.29. The fourth-order valence-electron chi connectivity index (χ4n) is 2.62. The van der Waals surface area contributed by atoms with E-state index in [1.54, 1.807) is 6.20 Å². The molecule has 2 unspecified atom stereocenters. The molecule has 3 rings (SSSR count). The fourth-order valence-corrected chi connectivity index (χ4v) is 2.77. The predicted molar refractivity (Wildman–Crippen MR) is 61.5 cm³/mol. The Morgan fingerprint density at radius 3 is 3.27 bits per heavy atom. The van der Waals surface area contributed by atoms with E-state index in [1.165, 1.54) is 6.42 Å². The number of H-pyrrole nitrogens is 1. The van der Waals surface area contributed by atoms with E-state index < -0.39 is 0 Å². The SMILES string of the molecule is S=c1ccnc(N2CCC3CNCC32)[nH]1. The molecule has 2 fully saturated rings. The summed E-state index contributed by atoms with van der Waals surface area (Å²) in [5.41, 5.74) is 0. The van der Waals surface area contributed by atoms with Gasteiger partial charge in [-0.15, -0.1) is 0 Å². The Labute approximate surface area is 93.7 Å². The van der Waals surface area contributed by atoms with Crippen molar-refractivity contribution in [1.82, 2.24) is 15.3 Å². The first kappa shape index (κ1) is 9.30. The molecular formula is C10H14N4S. The number of rotatable bonds is 1. The lowest BCUT2D eigenvalue weighted by Gasteiger charge is -2.23. The van der Waals surface area contributed by atoms with Gasteiger partial charge in [-0.2, -0.15) is 0 Å². The normalized spacial score (nSPS) is 29.5. The summed E-state index contributed by atoms with van der Waals surface area (Å²) in [6, 6.07) is 2.42. The van der Waals surface area contributed by atoms with Gasteiger partial charge < -0.3 is 15.2 Å². The second kappa shape index (κ2) is 3.57. The Morgan fingerprint density at radius 2 is 2.40 bits per heavy atom. The van der Waals surface area contributed by atoms with Crippen LogP contribution in [0.15, 0.2) is 12.3 Å². The van der Waals surface area contributed by atoms with Crippen molar-refractivity contribution in [1.29, 1.82) is 0 Å². The van der Waals surface area contributed by atoms with Crippen molar-refractivity contribution in [3.8, 4) is 0 Å². The second-order valence-electron chi connectivity index (χ2n) is 4.23. The molecule has 1 aromatic rings. The minimum Gasteiger partial charge on any atom is -0.338 e. The molecule has 2 aliphatic heterocycles. The van der Waals surface area contributed by atoms with Gasteiger partial charge in [0.1, 0.15) is 4.64 Å². The number of aromatic amines is 1. The van der Waals surface area contributed by atoms with Crippen LogP contribution in [-0.2, 0) is 0 Å². The van der Waals surface area contributed by atoms with Gasteiger partial charge in [0.2, 0.25) is 5.95 Å². The van der Waals surface area contributed by atoms with Crippen LogP contribution in [0.3, 0.4) is 0 Å². The molecule has 15 heavy (non-hydrogen) atoms. The van der Waals surface area contributed by atoms with Crippen LogP contribution in [0.4, 0.5) is 5.95 Å². The maximum atomic E-state index is 5.12. The quantitative estimate of drug-likeness (QED) is 0.694. The van der Waals surface area contributed by atoms with Gasteiger partial charge in [-0.05, 0) is 18.4 Å². The lowest BCUT2D eigenvalue weighted by atomic mass is 10.1. The Hall–Kier alpha value is -0.940. The number of anilines is 1. The van der Waals surface area contributed by atoms with Gasteiger partial charge in [0.25, 0.3) is 0 Å². The minimum absolute atomic E-state index is 0.602. The van der Waals surface area contributed by atoms with Gasteiger partial charge in [0.05, 0.1) is 0 Å². The van der Waals surface area contributed by atoms with Crippen LogP contribution in [0.25, 0.3) is 0 Å². The van der Waals surface area contributed by atoms with Crippen molar-refractivity contribution in [2.45, 2.75) is 12.5 Å². The predicted octanol–water partition coefficient (Wildman–Crippen LogP) is 0.937. The van der Waals surface area contributed by atoms with Crippen molar-refractivity contribution in [2.24, 2.45) is 5.92 Å². The van der Waals surface area contributed by atoms with Crippen LogP contribution in [0, 0.1) is 10.6 Å². The first-order valence-electron chi connectivity index (χ1n) is 5.37. The van der Waals surface area contributed by atoms with Crippen molar-refractivity contribution in [2.75, 3.05) is 24.5 Å². The van der Waals surface area contributed by atoms with E-state index in [-0.39, 0.29) is 0 Å². The molecule has 0 radical (unpaired) electrons. The van der Waals surface area contributed by atoms with E-state index in [4.69, 9.17) is 12.2 Å². The molecular weight excluding hydrogens is 208 g/mol. The molecule has 5 heteroatoms. The average molecular weight is 222 g/mol. The Morgan fingerprint density at radius 1 is 1.47 bits per heavy atom. The smallest absolute Gasteiger partial charge is 0.204 e. The van der Waals surface area contributed by atoms with Gasteiger partial charge in [0, 0.05) is 31.9 Å². The minimum atomic E-state index is 0.602. The third-order valence-corrected chi connectivity index (χ3v) is 3.61. The lowest BCUT2D eigenvalue weighted by molar-refractivity contribution is 0.575. The number of hydrogen-bond donors (Lipinski definition) is 2. The zero-order valence-corrected chi connectivity index (χ0v) is 9.26. The van der Waals surface area contributed by atoms with E-state index in [2.05, 4.69) is 20.2 Å². The topological polar surface area (TPSA) is 44.0 Å². The standard InChI is InChI=1S/C10H14N4S/c15-9-1-3-12-10(13-9)14-4-2-7-5-11-6-8(7)14/h1,3,7-8,11H,2,4-6H2,(H,12,13,15). The molecule has 0 aliphatic carbocycles. The third-order valence-electron chi connectivity index (χ3n) is 3.38. The molecule has 0 amide bonds. The number of nitrogens with one attached hydrogen (secondary N) is 2. The van der Waals surface area contributed by atoms with Crippen LogP contribution >= 0.6 is 12.2 Å². The summed E-state index contributed by atoms with van der Waals surface area (Å²) in [6.45, 7) is 3.32. The molecule has 0 aromatic carbocycles. The Kier molecular flexibility index (Phi) is 2.21. The van der Waals surface area contributed by atoms with Crippen LogP contribution in [-0.4, -0.2) is 35.6 Å². The Balaban J connectivity index is 1.91. The highest BCUT2D eigenvalue weighted by atomic mass is 32.1. The number of hydrogen-bond acceptors (Lipinski definition) is 4. The van der Waals surface area contributed by atoms with E-state index in [9.17, 15) is 0 Å².